The minimum Gasteiger partial charge on any atom is -0.490 e. The van der Waals surface area contributed by atoms with Crippen molar-refractivity contribution in [1.82, 2.24) is 0 Å². The molecule has 1 unspecified atom stereocenters. The molecule has 0 aliphatic heterocycles. The number of rotatable bonds is 4. The summed E-state index contributed by atoms with van der Waals surface area (Å²) >= 11 is 0. The number of carboxylic acids is 1. The van der Waals surface area contributed by atoms with Crippen molar-refractivity contribution in [2.24, 2.45) is 0 Å². The molecule has 1 aromatic rings. The zero-order chi connectivity index (χ0) is 12.3. The van der Waals surface area contributed by atoms with E-state index in [0.29, 0.717) is 11.3 Å². The number of carboxylic acid groups (broad SMARTS) is 1. The van der Waals surface area contributed by atoms with E-state index in [1.165, 1.54) is 18.2 Å². The lowest BCUT2D eigenvalue weighted by Gasteiger charge is -2.18. The van der Waals surface area contributed by atoms with Crippen molar-refractivity contribution in [1.29, 1.82) is 0 Å². The third-order valence-electron chi connectivity index (χ3n) is 2.11. The summed E-state index contributed by atoms with van der Waals surface area (Å²) in [6.45, 7) is 2.30. The van der Waals surface area contributed by atoms with Crippen LogP contribution in [0.15, 0.2) is 18.2 Å². The second-order valence-corrected chi connectivity index (χ2v) is 3.78. The highest BCUT2D eigenvalue weighted by Gasteiger charge is 2.30. The fraction of sp³-hybridized carbons (Fsp3) is 0.364. The Morgan fingerprint density at radius 3 is 2.69 bits per heavy atom. The normalized spacial score (nSPS) is 14.2. The second kappa shape index (κ2) is 4.49. The first kappa shape index (κ1) is 12.4. The molecule has 0 fully saturated rings. The van der Waals surface area contributed by atoms with Gasteiger partial charge in [-0.15, -0.1) is 0 Å². The molecule has 1 rings (SSSR count). The fourth-order valence-corrected chi connectivity index (χ4v) is 0.993. The van der Waals surface area contributed by atoms with Crippen molar-refractivity contribution in [3.8, 4) is 5.75 Å². The van der Waals surface area contributed by atoms with Crippen molar-refractivity contribution in [2.45, 2.75) is 19.4 Å². The number of halogens is 1. The smallest absolute Gasteiger partial charge is 0.339 e. The summed E-state index contributed by atoms with van der Waals surface area (Å²) in [7, 11) is 0. The zero-order valence-electron chi connectivity index (χ0n) is 9.03. The van der Waals surface area contributed by atoms with Crippen LogP contribution in [0, 0.1) is 12.7 Å². The zero-order valence-corrected chi connectivity index (χ0v) is 9.03. The van der Waals surface area contributed by atoms with Crippen molar-refractivity contribution in [2.75, 3.05) is 6.61 Å². The number of aliphatic hydroxyl groups is 1. The lowest BCUT2D eigenvalue weighted by atomic mass is 10.1. The third-order valence-corrected chi connectivity index (χ3v) is 2.11. The molecule has 0 aliphatic carbocycles. The van der Waals surface area contributed by atoms with Gasteiger partial charge >= 0.3 is 5.97 Å². The maximum Gasteiger partial charge on any atom is 0.339 e. The van der Waals surface area contributed by atoms with E-state index in [9.17, 15) is 14.3 Å². The summed E-state index contributed by atoms with van der Waals surface area (Å²) < 4.78 is 18.0. The lowest BCUT2D eigenvalue weighted by Crippen LogP contribution is -2.41. The van der Waals surface area contributed by atoms with E-state index in [1.807, 2.05) is 0 Å². The molecule has 2 N–H and O–H groups in total. The van der Waals surface area contributed by atoms with Gasteiger partial charge in [0.15, 0.2) is 5.60 Å². The van der Waals surface area contributed by atoms with Crippen LogP contribution >= 0.6 is 0 Å². The van der Waals surface area contributed by atoms with Crippen molar-refractivity contribution < 1.29 is 24.1 Å². The average molecular weight is 228 g/mol. The van der Waals surface area contributed by atoms with Gasteiger partial charge in [-0.25, -0.2) is 9.18 Å². The largest absolute Gasteiger partial charge is 0.490 e. The van der Waals surface area contributed by atoms with Gasteiger partial charge in [0.25, 0.3) is 0 Å². The molecule has 0 heterocycles. The molecule has 88 valence electrons. The molecule has 0 saturated heterocycles. The molecule has 0 amide bonds. The Kier molecular flexibility index (Phi) is 3.49. The van der Waals surface area contributed by atoms with Gasteiger partial charge in [-0.3, -0.25) is 0 Å². The van der Waals surface area contributed by atoms with Gasteiger partial charge in [0.05, 0.1) is 0 Å². The highest BCUT2D eigenvalue weighted by Crippen LogP contribution is 2.17. The van der Waals surface area contributed by atoms with Crippen LogP contribution in [0.5, 0.6) is 5.75 Å². The molecule has 5 heteroatoms. The molecule has 1 atom stereocenters. The molecule has 0 spiro atoms. The Morgan fingerprint density at radius 1 is 1.56 bits per heavy atom. The number of carbonyl (C=O) groups is 1. The van der Waals surface area contributed by atoms with E-state index >= 15 is 0 Å². The quantitative estimate of drug-likeness (QED) is 0.816. The van der Waals surface area contributed by atoms with Crippen molar-refractivity contribution in [3.63, 3.8) is 0 Å². The summed E-state index contributed by atoms with van der Waals surface area (Å²) in [6, 6.07) is 4.04. The molecule has 0 saturated carbocycles. The van der Waals surface area contributed by atoms with Gasteiger partial charge in [0.1, 0.15) is 18.2 Å². The second-order valence-electron chi connectivity index (χ2n) is 3.78. The van der Waals surface area contributed by atoms with Crippen molar-refractivity contribution >= 4 is 5.97 Å². The molecule has 0 bridgehead atoms. The van der Waals surface area contributed by atoms with Crippen LogP contribution in [0.25, 0.3) is 0 Å². The SMILES string of the molecule is Cc1cc(OCC(C)(O)C(=O)O)ccc1F. The number of aryl methyl sites for hydroxylation is 1. The Hall–Kier alpha value is -1.62. The monoisotopic (exact) mass is 228 g/mol. The average Bonchev–Trinajstić information content (AvgIpc) is 2.20. The van der Waals surface area contributed by atoms with Gasteiger partial charge in [0.2, 0.25) is 0 Å². The van der Waals surface area contributed by atoms with Gasteiger partial charge < -0.3 is 14.9 Å². The van der Waals surface area contributed by atoms with Crippen LogP contribution in [-0.2, 0) is 4.79 Å². The fourth-order valence-electron chi connectivity index (χ4n) is 0.993. The van der Waals surface area contributed by atoms with E-state index in [2.05, 4.69) is 0 Å². The predicted octanol–water partition coefficient (Wildman–Crippen LogP) is 1.35. The summed E-state index contributed by atoms with van der Waals surface area (Å²) in [6.07, 6.45) is 0. The predicted molar refractivity (Wildman–Crippen MR) is 54.9 cm³/mol. The summed E-state index contributed by atoms with van der Waals surface area (Å²) in [5, 5.41) is 18.0. The minimum absolute atomic E-state index is 0.320. The highest BCUT2D eigenvalue weighted by molar-refractivity contribution is 5.76. The van der Waals surface area contributed by atoms with Crippen LogP contribution in [0.1, 0.15) is 12.5 Å². The topological polar surface area (TPSA) is 66.8 Å². The molecule has 4 nitrogen and oxygen atoms in total. The number of aliphatic carboxylic acids is 1. The van der Waals surface area contributed by atoms with Gasteiger partial charge in [0, 0.05) is 0 Å². The van der Waals surface area contributed by atoms with Gasteiger partial charge in [-0.2, -0.15) is 0 Å². The van der Waals surface area contributed by atoms with Crippen molar-refractivity contribution in [3.05, 3.63) is 29.6 Å². The summed E-state index contributed by atoms with van der Waals surface area (Å²) in [5.41, 5.74) is -1.56. The highest BCUT2D eigenvalue weighted by atomic mass is 19.1. The van der Waals surface area contributed by atoms with Crippen LogP contribution < -0.4 is 4.74 Å². The van der Waals surface area contributed by atoms with E-state index < -0.39 is 18.2 Å². The number of hydrogen-bond acceptors (Lipinski definition) is 3. The Bertz CT molecular complexity index is 401. The first-order valence-corrected chi connectivity index (χ1v) is 4.67. The van der Waals surface area contributed by atoms with Gasteiger partial charge in [-0.1, -0.05) is 0 Å². The van der Waals surface area contributed by atoms with E-state index in [4.69, 9.17) is 9.84 Å². The summed E-state index contributed by atoms with van der Waals surface area (Å²) in [5.74, 6) is -1.41. The number of ether oxygens (including phenoxy) is 1. The molecule has 0 aromatic heterocycles. The maximum absolute atomic E-state index is 12.9. The van der Waals surface area contributed by atoms with Gasteiger partial charge in [-0.05, 0) is 37.6 Å². The summed E-state index contributed by atoms with van der Waals surface area (Å²) in [4.78, 5) is 10.6. The molecule has 16 heavy (non-hydrogen) atoms. The van der Waals surface area contributed by atoms with E-state index in [1.54, 1.807) is 6.92 Å². The lowest BCUT2D eigenvalue weighted by molar-refractivity contribution is -0.159. The molecular formula is C11H13FO4. The van der Waals surface area contributed by atoms with Crippen LogP contribution in [0.3, 0.4) is 0 Å². The Balaban J connectivity index is 2.68. The van der Waals surface area contributed by atoms with E-state index in [0.717, 1.165) is 6.92 Å². The molecule has 0 aliphatic rings. The third kappa shape index (κ3) is 2.93. The first-order valence-electron chi connectivity index (χ1n) is 4.67. The molecule has 1 aromatic carbocycles. The number of hydrogen-bond donors (Lipinski definition) is 2. The van der Waals surface area contributed by atoms with Crippen LogP contribution in [0.2, 0.25) is 0 Å². The Labute approximate surface area is 92.3 Å². The first-order chi connectivity index (χ1) is 7.33. The van der Waals surface area contributed by atoms with Crippen LogP contribution in [0.4, 0.5) is 4.39 Å². The number of benzene rings is 1. The maximum atomic E-state index is 12.9. The minimum atomic E-state index is -1.96. The standard InChI is InChI=1S/C11H13FO4/c1-7-5-8(3-4-9(7)12)16-6-11(2,15)10(13)14/h3-5,15H,6H2,1-2H3,(H,13,14). The van der Waals surface area contributed by atoms with Crippen LogP contribution in [-0.4, -0.2) is 28.4 Å². The molecule has 0 radical (unpaired) electrons. The van der Waals surface area contributed by atoms with E-state index in [-0.39, 0.29) is 5.82 Å². The molecular weight excluding hydrogens is 215 g/mol. The Morgan fingerprint density at radius 2 is 2.19 bits per heavy atom.